The van der Waals surface area contributed by atoms with Gasteiger partial charge in [0.25, 0.3) is 0 Å². The zero-order valence-electron chi connectivity index (χ0n) is 13.5. The number of amidine groups is 1. The van der Waals surface area contributed by atoms with Gasteiger partial charge in [-0.15, -0.1) is 0 Å². The van der Waals surface area contributed by atoms with Crippen LogP contribution in [0, 0.1) is 0 Å². The summed E-state index contributed by atoms with van der Waals surface area (Å²) in [6, 6.07) is 0.255. The molecule has 0 aromatic carbocycles. The van der Waals surface area contributed by atoms with E-state index in [4.69, 9.17) is 16.3 Å². The van der Waals surface area contributed by atoms with Crippen molar-refractivity contribution in [3.8, 4) is 0 Å². The minimum absolute atomic E-state index is 0.236. The highest BCUT2D eigenvalue weighted by atomic mass is 35.5. The fraction of sp³-hybridized carbons (Fsp3) is 0.714. The van der Waals surface area contributed by atoms with E-state index in [0.717, 1.165) is 6.42 Å². The molecule has 1 unspecified atom stereocenters. The molecule has 0 fully saturated rings. The third kappa shape index (κ3) is 6.28. The summed E-state index contributed by atoms with van der Waals surface area (Å²) in [5, 5.41) is 0.291. The van der Waals surface area contributed by atoms with E-state index in [2.05, 4.69) is 18.5 Å². The number of carbonyl (C=O) groups excluding carboxylic acids is 1. The quantitative estimate of drug-likeness (QED) is 0.452. The summed E-state index contributed by atoms with van der Waals surface area (Å²) >= 11 is 6.12. The van der Waals surface area contributed by atoms with Gasteiger partial charge >= 0.3 is 6.09 Å². The lowest BCUT2D eigenvalue weighted by molar-refractivity contribution is 0.0352. The number of ether oxygens (including phenoxy) is 1. The van der Waals surface area contributed by atoms with Crippen LogP contribution in [0.25, 0.3) is 0 Å². The van der Waals surface area contributed by atoms with E-state index in [9.17, 15) is 4.79 Å². The molecular formula is C14H26ClN3O2. The van der Waals surface area contributed by atoms with Crippen molar-refractivity contribution in [1.82, 2.24) is 9.80 Å². The molecule has 20 heavy (non-hydrogen) atoms. The van der Waals surface area contributed by atoms with E-state index >= 15 is 0 Å². The number of nitrogens with zero attached hydrogens (tertiary/aromatic N) is 3. The predicted molar refractivity (Wildman–Crippen MR) is 83.9 cm³/mol. The van der Waals surface area contributed by atoms with Crippen molar-refractivity contribution in [2.45, 2.75) is 52.7 Å². The first-order chi connectivity index (χ1) is 8.99. The summed E-state index contributed by atoms with van der Waals surface area (Å²) in [6.07, 6.45) is 0.429. The summed E-state index contributed by atoms with van der Waals surface area (Å²) in [6.45, 7) is 13.2. The Bertz CT molecular complexity index is 388. The second-order valence-electron chi connectivity index (χ2n) is 5.70. The molecule has 5 nitrogen and oxygen atoms in total. The molecule has 1 atom stereocenters. The molecule has 0 aromatic heterocycles. The maximum atomic E-state index is 11.9. The number of aliphatic imine (C=N–C) groups is 1. The Labute approximate surface area is 127 Å². The Hall–Kier alpha value is -1.23. The Kier molecular flexibility index (Phi) is 7.06. The maximum absolute atomic E-state index is 11.9. The van der Waals surface area contributed by atoms with Gasteiger partial charge in [-0.25, -0.2) is 9.79 Å². The molecule has 0 aliphatic carbocycles. The van der Waals surface area contributed by atoms with Crippen LogP contribution in [0.5, 0.6) is 0 Å². The number of halogens is 1. The largest absolute Gasteiger partial charge is 0.443 e. The maximum Gasteiger partial charge on any atom is 0.415 e. The summed E-state index contributed by atoms with van der Waals surface area (Å²) in [4.78, 5) is 19.1. The first-order valence-electron chi connectivity index (χ1n) is 6.62. The second kappa shape index (κ2) is 7.53. The molecular weight excluding hydrogens is 278 g/mol. The smallest absolute Gasteiger partial charge is 0.415 e. The van der Waals surface area contributed by atoms with Crippen molar-refractivity contribution in [3.63, 3.8) is 0 Å². The van der Waals surface area contributed by atoms with Crippen LogP contribution >= 0.6 is 11.6 Å². The minimum Gasteiger partial charge on any atom is -0.443 e. The Morgan fingerprint density at radius 2 is 1.90 bits per heavy atom. The van der Waals surface area contributed by atoms with Crippen molar-refractivity contribution < 1.29 is 9.53 Å². The van der Waals surface area contributed by atoms with Gasteiger partial charge in [-0.05, 0) is 45.7 Å². The molecule has 116 valence electrons. The van der Waals surface area contributed by atoms with Gasteiger partial charge in [-0.3, -0.25) is 4.90 Å². The van der Waals surface area contributed by atoms with Gasteiger partial charge in [0.1, 0.15) is 11.4 Å². The van der Waals surface area contributed by atoms with Gasteiger partial charge < -0.3 is 9.64 Å². The number of amides is 1. The first kappa shape index (κ1) is 18.8. The van der Waals surface area contributed by atoms with E-state index in [1.165, 1.54) is 4.90 Å². The molecule has 0 radical (unpaired) electrons. The number of carbonyl (C=O) groups is 1. The standard InChI is InChI=1S/C14H26ClN3O2/c1-9-10(2)17(7)12(15)16-11(3)18(8)13(19)20-14(4,5)6/h10H,3,9H2,1-2,4-8H3. The highest BCUT2D eigenvalue weighted by Gasteiger charge is 2.21. The van der Waals surface area contributed by atoms with Crippen molar-refractivity contribution in [2.24, 2.45) is 4.99 Å². The lowest BCUT2D eigenvalue weighted by Gasteiger charge is -2.26. The van der Waals surface area contributed by atoms with Gasteiger partial charge in [0, 0.05) is 20.1 Å². The van der Waals surface area contributed by atoms with Crippen molar-refractivity contribution in [1.29, 1.82) is 0 Å². The zero-order chi connectivity index (χ0) is 16.1. The molecule has 1 amide bonds. The van der Waals surface area contributed by atoms with Gasteiger partial charge in [-0.2, -0.15) is 0 Å². The van der Waals surface area contributed by atoms with E-state index in [0.29, 0.717) is 5.29 Å². The SMILES string of the molecule is C=C(N=C(Cl)N(C)C(C)CC)N(C)C(=O)OC(C)(C)C. The van der Waals surface area contributed by atoms with E-state index < -0.39 is 11.7 Å². The molecule has 0 saturated carbocycles. The Morgan fingerprint density at radius 3 is 2.30 bits per heavy atom. The van der Waals surface area contributed by atoms with E-state index in [1.807, 2.05) is 18.9 Å². The van der Waals surface area contributed by atoms with Gasteiger partial charge in [0.05, 0.1) is 0 Å². The number of hydrogen-bond acceptors (Lipinski definition) is 3. The Balaban J connectivity index is 4.79. The average Bonchev–Trinajstić information content (AvgIpc) is 2.33. The fourth-order valence-corrected chi connectivity index (χ4v) is 1.42. The first-order valence-corrected chi connectivity index (χ1v) is 7.00. The summed E-state index contributed by atoms with van der Waals surface area (Å²) in [5.74, 6) is 0.236. The van der Waals surface area contributed by atoms with Crippen LogP contribution in [0.2, 0.25) is 0 Å². The molecule has 0 aliphatic heterocycles. The lowest BCUT2D eigenvalue weighted by atomic mass is 10.2. The third-order valence-electron chi connectivity index (χ3n) is 2.82. The van der Waals surface area contributed by atoms with E-state index in [-0.39, 0.29) is 11.9 Å². The van der Waals surface area contributed by atoms with Crippen LogP contribution in [-0.4, -0.2) is 46.9 Å². The van der Waals surface area contributed by atoms with E-state index in [1.54, 1.807) is 27.8 Å². The molecule has 0 rings (SSSR count). The van der Waals surface area contributed by atoms with Gasteiger partial charge in [0.15, 0.2) is 5.29 Å². The van der Waals surface area contributed by atoms with Crippen molar-refractivity contribution in [2.75, 3.05) is 14.1 Å². The number of rotatable bonds is 4. The second-order valence-corrected chi connectivity index (χ2v) is 6.04. The molecule has 0 N–H and O–H groups in total. The molecule has 0 aromatic rings. The van der Waals surface area contributed by atoms with Gasteiger partial charge in [0.2, 0.25) is 0 Å². The predicted octanol–water partition coefficient (Wildman–Crippen LogP) is 3.65. The summed E-state index contributed by atoms with van der Waals surface area (Å²) < 4.78 is 5.23. The van der Waals surface area contributed by atoms with Crippen molar-refractivity contribution in [3.05, 3.63) is 12.4 Å². The Morgan fingerprint density at radius 1 is 1.40 bits per heavy atom. The van der Waals surface area contributed by atoms with Crippen LogP contribution in [0.4, 0.5) is 4.79 Å². The summed E-state index contributed by atoms with van der Waals surface area (Å²) in [7, 11) is 3.40. The van der Waals surface area contributed by atoms with Crippen LogP contribution in [0.1, 0.15) is 41.0 Å². The van der Waals surface area contributed by atoms with Crippen molar-refractivity contribution >= 4 is 23.0 Å². The molecule has 6 heteroatoms. The minimum atomic E-state index is -0.563. The van der Waals surface area contributed by atoms with Gasteiger partial charge in [-0.1, -0.05) is 13.5 Å². The topological polar surface area (TPSA) is 45.1 Å². The highest BCUT2D eigenvalue weighted by molar-refractivity contribution is 6.64. The van der Waals surface area contributed by atoms with Crippen LogP contribution in [0.15, 0.2) is 17.4 Å². The highest BCUT2D eigenvalue weighted by Crippen LogP contribution is 2.13. The number of hydrogen-bond donors (Lipinski definition) is 0. The summed E-state index contributed by atoms with van der Waals surface area (Å²) in [5.41, 5.74) is -0.563. The molecule has 0 bridgehead atoms. The average molecular weight is 304 g/mol. The molecule has 0 heterocycles. The van der Waals surface area contributed by atoms with Crippen LogP contribution in [-0.2, 0) is 4.74 Å². The third-order valence-corrected chi connectivity index (χ3v) is 3.17. The molecule has 0 saturated heterocycles. The molecule has 0 aliphatic rings. The normalized spacial score (nSPS) is 13.7. The zero-order valence-corrected chi connectivity index (χ0v) is 14.3. The molecule has 0 spiro atoms. The lowest BCUT2D eigenvalue weighted by Crippen LogP contribution is -2.35. The van der Waals surface area contributed by atoms with Crippen LogP contribution < -0.4 is 0 Å². The van der Waals surface area contributed by atoms with Crippen LogP contribution in [0.3, 0.4) is 0 Å². The fourth-order valence-electron chi connectivity index (χ4n) is 1.15. The monoisotopic (exact) mass is 303 g/mol.